The monoisotopic (exact) mass is 337 g/mol. The Bertz CT molecular complexity index is 704. The summed E-state index contributed by atoms with van der Waals surface area (Å²) in [5.41, 5.74) is 1.71. The molecule has 0 unspecified atom stereocenters. The Labute approximate surface area is 135 Å². The van der Waals surface area contributed by atoms with Crippen LogP contribution in [0.4, 0.5) is 0 Å². The number of rotatable bonds is 8. The van der Waals surface area contributed by atoms with Crippen molar-refractivity contribution in [3.05, 3.63) is 52.9 Å². The van der Waals surface area contributed by atoms with Crippen LogP contribution in [-0.4, -0.2) is 20.7 Å². The van der Waals surface area contributed by atoms with Crippen LogP contribution in [0.25, 0.3) is 0 Å². The highest BCUT2D eigenvalue weighted by atomic mass is 32.2. The minimum Gasteiger partial charge on any atom is -0.294 e. The quantitative estimate of drug-likeness (QED) is 0.752. The van der Waals surface area contributed by atoms with Crippen LogP contribution in [0.3, 0.4) is 0 Å². The van der Waals surface area contributed by atoms with Gasteiger partial charge in [-0.1, -0.05) is 37.3 Å². The topological polar surface area (TPSA) is 63.2 Å². The van der Waals surface area contributed by atoms with Crippen molar-refractivity contribution in [3.8, 4) is 0 Å². The Morgan fingerprint density at radius 3 is 2.50 bits per heavy atom. The van der Waals surface area contributed by atoms with Gasteiger partial charge in [0.2, 0.25) is 10.0 Å². The summed E-state index contributed by atoms with van der Waals surface area (Å²) in [5, 5.41) is 1.74. The van der Waals surface area contributed by atoms with Gasteiger partial charge in [0.25, 0.3) is 0 Å². The van der Waals surface area contributed by atoms with Gasteiger partial charge in [-0.15, -0.1) is 11.3 Å². The van der Waals surface area contributed by atoms with Crippen molar-refractivity contribution in [3.63, 3.8) is 0 Å². The fourth-order valence-corrected chi connectivity index (χ4v) is 4.12. The van der Waals surface area contributed by atoms with Gasteiger partial charge in [0.05, 0.1) is 0 Å². The van der Waals surface area contributed by atoms with Crippen LogP contribution in [0.2, 0.25) is 0 Å². The molecular weight excluding hydrogens is 318 g/mol. The van der Waals surface area contributed by atoms with Gasteiger partial charge < -0.3 is 0 Å². The molecule has 4 nitrogen and oxygen atoms in total. The smallest absolute Gasteiger partial charge is 0.250 e. The van der Waals surface area contributed by atoms with Gasteiger partial charge in [0, 0.05) is 18.5 Å². The Hall–Kier alpha value is -1.50. The number of ketones is 1. The second-order valence-electron chi connectivity index (χ2n) is 4.95. The molecule has 0 aliphatic carbocycles. The first-order valence-corrected chi connectivity index (χ1v) is 9.54. The van der Waals surface area contributed by atoms with Crippen molar-refractivity contribution in [2.45, 2.75) is 30.4 Å². The van der Waals surface area contributed by atoms with E-state index in [-0.39, 0.29) is 5.78 Å². The molecule has 1 heterocycles. The van der Waals surface area contributed by atoms with E-state index in [1.54, 1.807) is 29.6 Å². The van der Waals surface area contributed by atoms with Gasteiger partial charge in [0.15, 0.2) is 5.78 Å². The number of Topliss-reactive ketones (excluding diaryl/α,β-unsaturated/α-hetero) is 1. The van der Waals surface area contributed by atoms with Crippen LogP contribution >= 0.6 is 11.3 Å². The number of hydrogen-bond acceptors (Lipinski definition) is 4. The molecule has 0 aliphatic rings. The lowest BCUT2D eigenvalue weighted by Gasteiger charge is -2.06. The normalized spacial score (nSPS) is 11.5. The van der Waals surface area contributed by atoms with E-state index in [0.29, 0.717) is 29.2 Å². The van der Waals surface area contributed by atoms with Crippen molar-refractivity contribution in [2.24, 2.45) is 0 Å². The molecule has 22 heavy (non-hydrogen) atoms. The van der Waals surface area contributed by atoms with E-state index < -0.39 is 10.0 Å². The predicted octanol–water partition coefficient (Wildman–Crippen LogP) is 3.25. The zero-order chi connectivity index (χ0) is 16.0. The average Bonchev–Trinajstić information content (AvgIpc) is 3.03. The number of hydrogen-bond donors (Lipinski definition) is 1. The predicted molar refractivity (Wildman–Crippen MR) is 88.9 cm³/mol. The zero-order valence-electron chi connectivity index (χ0n) is 12.4. The molecule has 0 saturated carbocycles. The van der Waals surface area contributed by atoms with Crippen LogP contribution in [0.5, 0.6) is 0 Å². The average molecular weight is 337 g/mol. The maximum atomic E-state index is 12.0. The van der Waals surface area contributed by atoms with Crippen LogP contribution < -0.4 is 4.72 Å². The van der Waals surface area contributed by atoms with Crippen molar-refractivity contribution in [1.29, 1.82) is 0 Å². The molecule has 0 atom stereocenters. The van der Waals surface area contributed by atoms with Crippen LogP contribution in [0, 0.1) is 0 Å². The summed E-state index contributed by atoms with van der Waals surface area (Å²) in [7, 11) is -3.40. The minimum absolute atomic E-state index is 0.146. The molecule has 1 aromatic carbocycles. The Balaban J connectivity index is 1.89. The minimum atomic E-state index is -3.40. The van der Waals surface area contributed by atoms with Gasteiger partial charge in [-0.25, -0.2) is 13.1 Å². The highest BCUT2D eigenvalue weighted by molar-refractivity contribution is 7.91. The number of benzene rings is 1. The molecule has 1 aromatic heterocycles. The fourth-order valence-electron chi connectivity index (χ4n) is 2.05. The number of nitrogens with one attached hydrogen (secondary N) is 1. The summed E-state index contributed by atoms with van der Waals surface area (Å²) in [6.07, 6.45) is 1.98. The van der Waals surface area contributed by atoms with Crippen molar-refractivity contribution < 1.29 is 13.2 Å². The van der Waals surface area contributed by atoms with E-state index in [1.165, 1.54) is 11.3 Å². The molecule has 0 saturated heterocycles. The molecular formula is C16H19NO3S2. The first kappa shape index (κ1) is 16.9. The zero-order valence-corrected chi connectivity index (χ0v) is 14.0. The summed E-state index contributed by atoms with van der Waals surface area (Å²) in [6, 6.07) is 10.7. The summed E-state index contributed by atoms with van der Waals surface area (Å²) >= 11 is 1.20. The van der Waals surface area contributed by atoms with E-state index in [1.807, 2.05) is 19.1 Å². The number of carbonyl (C=O) groups is 1. The molecule has 0 amide bonds. The SMILES string of the molecule is CCCC(=O)c1ccc(CCNS(=O)(=O)c2cccs2)cc1. The summed E-state index contributed by atoms with van der Waals surface area (Å²) < 4.78 is 26.8. The van der Waals surface area contributed by atoms with E-state index in [9.17, 15) is 13.2 Å². The van der Waals surface area contributed by atoms with Gasteiger partial charge >= 0.3 is 0 Å². The lowest BCUT2D eigenvalue weighted by Crippen LogP contribution is -2.25. The second kappa shape index (κ2) is 7.67. The Kier molecular flexibility index (Phi) is 5.88. The molecule has 0 aliphatic heterocycles. The lowest BCUT2D eigenvalue weighted by atomic mass is 10.0. The van der Waals surface area contributed by atoms with Gasteiger partial charge in [-0.3, -0.25) is 4.79 Å². The van der Waals surface area contributed by atoms with Crippen LogP contribution in [0.15, 0.2) is 46.0 Å². The van der Waals surface area contributed by atoms with Crippen LogP contribution in [0.1, 0.15) is 35.7 Å². The van der Waals surface area contributed by atoms with Gasteiger partial charge in [-0.2, -0.15) is 0 Å². The number of sulfonamides is 1. The molecule has 0 spiro atoms. The second-order valence-corrected chi connectivity index (χ2v) is 7.89. The fraction of sp³-hybridized carbons (Fsp3) is 0.312. The maximum Gasteiger partial charge on any atom is 0.250 e. The molecule has 2 aromatic rings. The van der Waals surface area contributed by atoms with Crippen molar-refractivity contribution >= 4 is 27.1 Å². The molecule has 0 bridgehead atoms. The highest BCUT2D eigenvalue weighted by Gasteiger charge is 2.13. The first-order chi connectivity index (χ1) is 10.5. The van der Waals surface area contributed by atoms with E-state index in [0.717, 1.165) is 12.0 Å². The third-order valence-corrected chi connectivity index (χ3v) is 6.08. The lowest BCUT2D eigenvalue weighted by molar-refractivity contribution is 0.0981. The van der Waals surface area contributed by atoms with E-state index in [4.69, 9.17) is 0 Å². The molecule has 0 fully saturated rings. The molecule has 2 rings (SSSR count). The highest BCUT2D eigenvalue weighted by Crippen LogP contribution is 2.15. The standard InChI is InChI=1S/C16H19NO3S2/c1-2-4-15(18)14-8-6-13(7-9-14)10-11-17-22(19,20)16-5-3-12-21-16/h3,5-9,12,17H,2,4,10-11H2,1H3. The summed E-state index contributed by atoms with van der Waals surface area (Å²) in [5.74, 6) is 0.146. The molecule has 6 heteroatoms. The Morgan fingerprint density at radius 2 is 1.91 bits per heavy atom. The Morgan fingerprint density at radius 1 is 1.18 bits per heavy atom. The number of carbonyl (C=O) groups excluding carboxylic acids is 1. The third kappa shape index (κ3) is 4.50. The van der Waals surface area contributed by atoms with Crippen LogP contribution in [-0.2, 0) is 16.4 Å². The summed E-state index contributed by atoms with van der Waals surface area (Å²) in [6.45, 7) is 2.31. The van der Waals surface area contributed by atoms with Gasteiger partial charge in [-0.05, 0) is 29.9 Å². The largest absolute Gasteiger partial charge is 0.294 e. The molecule has 118 valence electrons. The van der Waals surface area contributed by atoms with Crippen molar-refractivity contribution in [1.82, 2.24) is 4.72 Å². The first-order valence-electron chi connectivity index (χ1n) is 7.18. The maximum absolute atomic E-state index is 12.0. The van der Waals surface area contributed by atoms with Gasteiger partial charge in [0.1, 0.15) is 4.21 Å². The summed E-state index contributed by atoms with van der Waals surface area (Å²) in [4.78, 5) is 11.7. The third-order valence-electron chi connectivity index (χ3n) is 3.22. The number of thiophene rings is 1. The van der Waals surface area contributed by atoms with E-state index >= 15 is 0 Å². The van der Waals surface area contributed by atoms with E-state index in [2.05, 4.69) is 4.72 Å². The van der Waals surface area contributed by atoms with Crippen molar-refractivity contribution in [2.75, 3.05) is 6.54 Å². The molecule has 1 N–H and O–H groups in total. The molecule has 0 radical (unpaired) electrons.